The summed E-state index contributed by atoms with van der Waals surface area (Å²) in [6, 6.07) is 1.93. The lowest BCUT2D eigenvalue weighted by molar-refractivity contribution is 0.0525. The van der Waals surface area contributed by atoms with Gasteiger partial charge in [-0.2, -0.15) is 0 Å². The first-order valence-electron chi connectivity index (χ1n) is 7.73. The lowest BCUT2D eigenvalue weighted by atomic mass is 10.1. The average molecular weight is 375 g/mol. The molecule has 130 valence electrons. The smallest absolute Gasteiger partial charge is 0.340 e. The maximum absolute atomic E-state index is 12.6. The van der Waals surface area contributed by atoms with Crippen LogP contribution in [-0.2, 0) is 4.74 Å². The summed E-state index contributed by atoms with van der Waals surface area (Å²) in [6.07, 6.45) is 1.50. The number of aromatic nitrogens is 3. The molecule has 3 rings (SSSR count). The number of nitrogens with one attached hydrogen (secondary N) is 1. The second kappa shape index (κ2) is 7.37. The zero-order valence-corrected chi connectivity index (χ0v) is 15.7. The van der Waals surface area contributed by atoms with Gasteiger partial charge in [-0.15, -0.1) is 11.3 Å². The van der Waals surface area contributed by atoms with E-state index in [9.17, 15) is 9.59 Å². The van der Waals surface area contributed by atoms with E-state index in [1.54, 1.807) is 32.1 Å². The number of thioether (sulfide) groups is 1. The van der Waals surface area contributed by atoms with Gasteiger partial charge in [0, 0.05) is 5.69 Å². The Balaban J connectivity index is 1.79. The van der Waals surface area contributed by atoms with Crippen molar-refractivity contribution >= 4 is 45.1 Å². The molecule has 1 N–H and O–H groups in total. The number of Topliss-reactive ketones (excluding diaryl/α,β-unsaturated/α-hetero) is 1. The van der Waals surface area contributed by atoms with E-state index < -0.39 is 5.97 Å². The summed E-state index contributed by atoms with van der Waals surface area (Å²) in [7, 11) is 0. The van der Waals surface area contributed by atoms with Gasteiger partial charge < -0.3 is 9.72 Å². The maximum atomic E-state index is 12.6. The third kappa shape index (κ3) is 3.45. The van der Waals surface area contributed by atoms with E-state index in [0.717, 1.165) is 15.2 Å². The Morgan fingerprint density at radius 1 is 1.32 bits per heavy atom. The molecule has 0 aromatic carbocycles. The highest BCUT2D eigenvalue weighted by Gasteiger charge is 2.23. The van der Waals surface area contributed by atoms with Crippen LogP contribution in [0.2, 0.25) is 0 Å². The van der Waals surface area contributed by atoms with E-state index in [-0.39, 0.29) is 11.5 Å². The molecule has 25 heavy (non-hydrogen) atoms. The van der Waals surface area contributed by atoms with E-state index in [0.29, 0.717) is 29.1 Å². The number of carbonyl (C=O) groups is 2. The van der Waals surface area contributed by atoms with Gasteiger partial charge >= 0.3 is 5.97 Å². The topological polar surface area (TPSA) is 84.9 Å². The number of thiophene rings is 1. The molecule has 0 aliphatic heterocycles. The van der Waals surface area contributed by atoms with Crippen molar-refractivity contribution in [3.8, 4) is 0 Å². The minimum Gasteiger partial charge on any atom is -0.462 e. The van der Waals surface area contributed by atoms with Crippen molar-refractivity contribution in [1.29, 1.82) is 0 Å². The summed E-state index contributed by atoms with van der Waals surface area (Å²) in [5.41, 5.74) is 3.05. The Morgan fingerprint density at radius 3 is 2.88 bits per heavy atom. The van der Waals surface area contributed by atoms with Gasteiger partial charge in [0.1, 0.15) is 11.4 Å². The van der Waals surface area contributed by atoms with E-state index >= 15 is 0 Å². The molecule has 6 nitrogen and oxygen atoms in total. The van der Waals surface area contributed by atoms with Crippen molar-refractivity contribution < 1.29 is 14.3 Å². The number of ketones is 1. The first-order valence-corrected chi connectivity index (χ1v) is 9.60. The Morgan fingerprint density at radius 2 is 2.12 bits per heavy atom. The van der Waals surface area contributed by atoms with Gasteiger partial charge in [-0.1, -0.05) is 11.8 Å². The monoisotopic (exact) mass is 375 g/mol. The predicted molar refractivity (Wildman–Crippen MR) is 98.7 cm³/mol. The fraction of sp³-hybridized carbons (Fsp3) is 0.294. The summed E-state index contributed by atoms with van der Waals surface area (Å²) in [5.74, 6) is -0.256. The molecule has 3 aromatic rings. The predicted octanol–water partition coefficient (Wildman–Crippen LogP) is 3.79. The minimum absolute atomic E-state index is 0.0792. The molecule has 0 aliphatic carbocycles. The van der Waals surface area contributed by atoms with Crippen LogP contribution in [0.3, 0.4) is 0 Å². The van der Waals surface area contributed by atoms with Crippen LogP contribution in [0.15, 0.2) is 22.8 Å². The third-order valence-corrected chi connectivity index (χ3v) is 5.78. The highest BCUT2D eigenvalue weighted by molar-refractivity contribution is 8.00. The van der Waals surface area contributed by atoms with Crippen molar-refractivity contribution in [1.82, 2.24) is 15.0 Å². The Hall–Kier alpha value is -2.19. The molecule has 3 aromatic heterocycles. The molecule has 0 unspecified atom stereocenters. The molecule has 0 bridgehead atoms. The normalized spacial score (nSPS) is 11.0. The van der Waals surface area contributed by atoms with Gasteiger partial charge in [-0.3, -0.25) is 4.79 Å². The van der Waals surface area contributed by atoms with E-state index in [1.807, 2.05) is 11.4 Å². The Kier molecular flexibility index (Phi) is 5.19. The maximum Gasteiger partial charge on any atom is 0.340 e. The highest BCUT2D eigenvalue weighted by atomic mass is 32.2. The number of ether oxygens (including phenoxy) is 1. The quantitative estimate of drug-likeness (QED) is 0.305. The summed E-state index contributed by atoms with van der Waals surface area (Å²) in [6.45, 7) is 5.58. The molecule has 0 saturated heterocycles. The number of carbonyl (C=O) groups excluding carboxylic acids is 2. The average Bonchev–Trinajstić information content (AvgIpc) is 3.17. The summed E-state index contributed by atoms with van der Waals surface area (Å²) in [5, 5.41) is 2.75. The van der Waals surface area contributed by atoms with Crippen LogP contribution in [0.5, 0.6) is 0 Å². The molecule has 0 fully saturated rings. The number of fused-ring (bicyclic) bond motifs is 1. The molecular weight excluding hydrogens is 358 g/mol. The summed E-state index contributed by atoms with van der Waals surface area (Å²) >= 11 is 2.93. The number of esters is 1. The fourth-order valence-corrected chi connectivity index (χ4v) is 4.43. The van der Waals surface area contributed by atoms with Gasteiger partial charge in [0.2, 0.25) is 0 Å². The van der Waals surface area contributed by atoms with E-state index in [2.05, 4.69) is 15.0 Å². The lowest BCUT2D eigenvalue weighted by Crippen LogP contribution is -2.08. The number of hydrogen-bond donors (Lipinski definition) is 1. The number of aromatic amines is 1. The first kappa shape index (κ1) is 17.6. The molecule has 0 atom stereocenters. The van der Waals surface area contributed by atoms with Gasteiger partial charge in [-0.25, -0.2) is 14.8 Å². The van der Waals surface area contributed by atoms with Gasteiger partial charge in [-0.05, 0) is 37.8 Å². The second-order valence-corrected chi connectivity index (χ2v) is 7.25. The van der Waals surface area contributed by atoms with Crippen molar-refractivity contribution in [2.75, 3.05) is 12.4 Å². The van der Waals surface area contributed by atoms with E-state index in [4.69, 9.17) is 4.74 Å². The van der Waals surface area contributed by atoms with Crippen molar-refractivity contribution in [3.63, 3.8) is 0 Å². The van der Waals surface area contributed by atoms with Gasteiger partial charge in [0.05, 0.1) is 33.8 Å². The Labute approximate surface area is 153 Å². The van der Waals surface area contributed by atoms with Crippen LogP contribution in [0, 0.1) is 13.8 Å². The number of hydrogen-bond acceptors (Lipinski definition) is 7. The van der Waals surface area contributed by atoms with Crippen LogP contribution in [0.1, 0.15) is 39.0 Å². The van der Waals surface area contributed by atoms with Crippen molar-refractivity contribution in [2.45, 2.75) is 25.8 Å². The molecule has 0 spiro atoms. The number of H-pyrrole nitrogens is 1. The van der Waals surface area contributed by atoms with Gasteiger partial charge in [0.15, 0.2) is 5.78 Å². The van der Waals surface area contributed by atoms with Crippen molar-refractivity contribution in [3.05, 3.63) is 40.3 Å². The standard InChI is InChI=1S/C17H17N3O3S2/c1-4-23-17(22)13-9(2)14(20-10(13)3)12(21)7-25-16-15-11(5-6-24-15)18-8-19-16/h5-6,8,20H,4,7H2,1-3H3. The highest BCUT2D eigenvalue weighted by Crippen LogP contribution is 2.29. The Bertz CT molecular complexity index is 946. The molecule has 0 saturated carbocycles. The number of aryl methyl sites for hydroxylation is 1. The van der Waals surface area contributed by atoms with Crippen LogP contribution in [0.4, 0.5) is 0 Å². The van der Waals surface area contributed by atoms with Gasteiger partial charge in [0.25, 0.3) is 0 Å². The second-order valence-electron chi connectivity index (χ2n) is 5.37. The summed E-state index contributed by atoms with van der Waals surface area (Å²) in [4.78, 5) is 36.2. The SMILES string of the molecule is CCOC(=O)c1c(C)[nH]c(C(=O)CSc2ncnc3ccsc23)c1C. The number of nitrogens with zero attached hydrogens (tertiary/aromatic N) is 2. The molecule has 0 amide bonds. The van der Waals surface area contributed by atoms with Crippen LogP contribution < -0.4 is 0 Å². The third-order valence-electron chi connectivity index (χ3n) is 3.75. The number of rotatable bonds is 6. The van der Waals surface area contributed by atoms with Crippen molar-refractivity contribution in [2.24, 2.45) is 0 Å². The molecular formula is C17H17N3O3S2. The molecule has 0 aliphatic rings. The first-order chi connectivity index (χ1) is 12.0. The molecule has 3 heterocycles. The molecule has 0 radical (unpaired) electrons. The largest absolute Gasteiger partial charge is 0.462 e. The van der Waals surface area contributed by atoms with Crippen LogP contribution in [-0.4, -0.2) is 39.1 Å². The fourth-order valence-electron chi connectivity index (χ4n) is 2.61. The van der Waals surface area contributed by atoms with Crippen LogP contribution >= 0.6 is 23.1 Å². The summed E-state index contributed by atoms with van der Waals surface area (Å²) < 4.78 is 6.04. The molecule has 8 heteroatoms. The van der Waals surface area contributed by atoms with Crippen LogP contribution in [0.25, 0.3) is 10.2 Å². The zero-order valence-electron chi connectivity index (χ0n) is 14.1. The lowest BCUT2D eigenvalue weighted by Gasteiger charge is -2.03. The zero-order chi connectivity index (χ0) is 18.0. The van der Waals surface area contributed by atoms with E-state index in [1.165, 1.54) is 18.1 Å². The minimum atomic E-state index is -0.406.